The summed E-state index contributed by atoms with van der Waals surface area (Å²) < 4.78 is 0. The molecule has 2 aromatic heterocycles. The Kier molecular flexibility index (Phi) is 3.11. The minimum Gasteiger partial charge on any atom is -0.399 e. The van der Waals surface area contributed by atoms with Crippen molar-refractivity contribution in [2.75, 3.05) is 11.1 Å². The number of hydrogen-bond donors (Lipinski definition) is 3. The van der Waals surface area contributed by atoms with Crippen LogP contribution in [-0.4, -0.2) is 15.0 Å². The van der Waals surface area contributed by atoms with E-state index in [2.05, 4.69) is 20.3 Å². The summed E-state index contributed by atoms with van der Waals surface area (Å²) in [6.07, 6.45) is 0. The molecule has 3 rings (SSSR count). The van der Waals surface area contributed by atoms with Crippen LogP contribution in [0.3, 0.4) is 0 Å². The van der Waals surface area contributed by atoms with Crippen molar-refractivity contribution < 1.29 is 0 Å². The second-order valence-corrected chi connectivity index (χ2v) is 5.46. The number of hydrogen-bond acceptors (Lipinski definition) is 6. The molecule has 0 aliphatic rings. The van der Waals surface area contributed by atoms with Crippen LogP contribution in [0.15, 0.2) is 28.4 Å². The van der Waals surface area contributed by atoms with Gasteiger partial charge in [-0.1, -0.05) is 0 Å². The Morgan fingerprint density at radius 3 is 3.00 bits per heavy atom. The average molecular weight is 287 g/mol. The summed E-state index contributed by atoms with van der Waals surface area (Å²) in [4.78, 5) is 23.4. The molecule has 3 aromatic rings. The predicted molar refractivity (Wildman–Crippen MR) is 81.0 cm³/mol. The molecule has 6 nitrogen and oxygen atoms in total. The number of aromatic nitrogens is 3. The molecule has 0 unspecified atom stereocenters. The lowest BCUT2D eigenvalue weighted by Gasteiger charge is -2.05. The highest BCUT2D eigenvalue weighted by Gasteiger charge is 2.05. The first-order chi connectivity index (χ1) is 9.61. The van der Waals surface area contributed by atoms with E-state index in [0.717, 1.165) is 10.7 Å². The summed E-state index contributed by atoms with van der Waals surface area (Å²) in [6, 6.07) is 5.08. The van der Waals surface area contributed by atoms with Crippen LogP contribution in [0, 0.1) is 6.92 Å². The summed E-state index contributed by atoms with van der Waals surface area (Å²) >= 11 is 1.59. The molecule has 2 heterocycles. The highest BCUT2D eigenvalue weighted by molar-refractivity contribution is 7.09. The van der Waals surface area contributed by atoms with E-state index in [-0.39, 0.29) is 5.56 Å². The number of fused-ring (bicyclic) bond motifs is 1. The number of benzene rings is 1. The lowest BCUT2D eigenvalue weighted by molar-refractivity contribution is 1.01. The number of nitrogens with two attached hydrogens (primary N) is 1. The number of aryl methyl sites for hydroxylation is 1. The Balaban J connectivity index is 1.89. The second-order valence-electron chi connectivity index (χ2n) is 4.40. The van der Waals surface area contributed by atoms with Gasteiger partial charge in [-0.2, -0.15) is 0 Å². The zero-order chi connectivity index (χ0) is 14.1. The van der Waals surface area contributed by atoms with Crippen LogP contribution in [0.25, 0.3) is 10.9 Å². The number of anilines is 2. The molecular formula is C13H13N5OS. The zero-order valence-corrected chi connectivity index (χ0v) is 11.6. The van der Waals surface area contributed by atoms with Gasteiger partial charge in [0, 0.05) is 11.1 Å². The maximum absolute atomic E-state index is 12.0. The third-order valence-corrected chi connectivity index (χ3v) is 3.66. The monoisotopic (exact) mass is 287 g/mol. The fraction of sp³-hybridized carbons (Fsp3) is 0.154. The normalized spacial score (nSPS) is 10.8. The largest absolute Gasteiger partial charge is 0.399 e. The van der Waals surface area contributed by atoms with E-state index >= 15 is 0 Å². The summed E-state index contributed by atoms with van der Waals surface area (Å²) in [6.45, 7) is 2.47. The number of nitrogens with one attached hydrogen (secondary N) is 2. The van der Waals surface area contributed by atoms with E-state index in [1.165, 1.54) is 0 Å². The fourth-order valence-corrected chi connectivity index (χ4v) is 2.52. The molecular weight excluding hydrogens is 274 g/mol. The Hall–Kier alpha value is -2.41. The summed E-state index contributed by atoms with van der Waals surface area (Å²) in [5.74, 6) is 0.429. The van der Waals surface area contributed by atoms with Gasteiger partial charge < -0.3 is 11.1 Å². The highest BCUT2D eigenvalue weighted by Crippen LogP contribution is 2.13. The molecule has 0 atom stereocenters. The first-order valence-electron chi connectivity index (χ1n) is 6.06. The van der Waals surface area contributed by atoms with Gasteiger partial charge in [0.05, 0.1) is 28.1 Å². The van der Waals surface area contributed by atoms with E-state index in [1.54, 1.807) is 29.5 Å². The molecule has 20 heavy (non-hydrogen) atoms. The number of thiazole rings is 1. The Labute approximate surface area is 118 Å². The van der Waals surface area contributed by atoms with Gasteiger partial charge in [0.25, 0.3) is 5.56 Å². The van der Waals surface area contributed by atoms with Gasteiger partial charge in [0.2, 0.25) is 5.95 Å². The fourth-order valence-electron chi connectivity index (χ4n) is 1.90. The predicted octanol–water partition coefficient (Wildman–Crippen LogP) is 1.88. The summed E-state index contributed by atoms with van der Waals surface area (Å²) in [7, 11) is 0. The molecule has 0 radical (unpaired) electrons. The van der Waals surface area contributed by atoms with Crippen LogP contribution in [0.5, 0.6) is 0 Å². The summed E-state index contributed by atoms with van der Waals surface area (Å²) in [5.41, 5.74) is 7.54. The quantitative estimate of drug-likeness (QED) is 0.639. The van der Waals surface area contributed by atoms with Gasteiger partial charge in [0.15, 0.2) is 0 Å². The number of aromatic amines is 1. The van der Waals surface area contributed by atoms with Crippen molar-refractivity contribution in [2.24, 2.45) is 0 Å². The molecule has 0 aliphatic carbocycles. The SMILES string of the molecule is Cc1nc(CNc2nc3ccc(N)cc3c(=O)[nH]2)cs1. The zero-order valence-electron chi connectivity index (χ0n) is 10.8. The van der Waals surface area contributed by atoms with Crippen molar-refractivity contribution in [2.45, 2.75) is 13.5 Å². The molecule has 7 heteroatoms. The van der Waals surface area contributed by atoms with Gasteiger partial charge in [-0.15, -0.1) is 11.3 Å². The smallest absolute Gasteiger partial charge is 0.260 e. The van der Waals surface area contributed by atoms with Crippen molar-refractivity contribution in [1.29, 1.82) is 0 Å². The number of H-pyrrole nitrogens is 1. The second kappa shape index (κ2) is 4.93. The number of nitrogens with zero attached hydrogens (tertiary/aromatic N) is 2. The molecule has 0 amide bonds. The minimum absolute atomic E-state index is 0.209. The lowest BCUT2D eigenvalue weighted by atomic mass is 10.2. The van der Waals surface area contributed by atoms with Crippen molar-refractivity contribution >= 4 is 33.9 Å². The average Bonchev–Trinajstić information content (AvgIpc) is 2.83. The van der Waals surface area contributed by atoms with E-state index in [1.807, 2.05) is 12.3 Å². The third kappa shape index (κ3) is 2.48. The molecule has 4 N–H and O–H groups in total. The van der Waals surface area contributed by atoms with Crippen molar-refractivity contribution in [3.05, 3.63) is 44.6 Å². The Morgan fingerprint density at radius 2 is 2.25 bits per heavy atom. The van der Waals surface area contributed by atoms with E-state index in [9.17, 15) is 4.79 Å². The standard InChI is InChI=1S/C13H13N5OS/c1-7-16-9(6-20-7)5-15-13-17-11-3-2-8(14)4-10(11)12(19)18-13/h2-4,6H,5,14H2,1H3,(H2,15,17,18,19). The molecule has 0 saturated carbocycles. The van der Waals surface area contributed by atoms with E-state index in [4.69, 9.17) is 5.73 Å². The molecule has 0 aliphatic heterocycles. The van der Waals surface area contributed by atoms with Gasteiger partial charge in [-0.05, 0) is 25.1 Å². The number of nitrogen functional groups attached to an aromatic ring is 1. The highest BCUT2D eigenvalue weighted by atomic mass is 32.1. The lowest BCUT2D eigenvalue weighted by Crippen LogP contribution is -2.13. The van der Waals surface area contributed by atoms with Gasteiger partial charge in [0.1, 0.15) is 0 Å². The maximum atomic E-state index is 12.0. The first kappa shape index (κ1) is 12.6. The van der Waals surface area contributed by atoms with E-state index in [0.29, 0.717) is 29.1 Å². The van der Waals surface area contributed by atoms with Crippen LogP contribution in [0.4, 0.5) is 11.6 Å². The van der Waals surface area contributed by atoms with Gasteiger partial charge in [-0.3, -0.25) is 9.78 Å². The van der Waals surface area contributed by atoms with Crippen molar-refractivity contribution in [1.82, 2.24) is 15.0 Å². The molecule has 102 valence electrons. The van der Waals surface area contributed by atoms with Crippen molar-refractivity contribution in [3.63, 3.8) is 0 Å². The number of rotatable bonds is 3. The van der Waals surface area contributed by atoms with E-state index < -0.39 is 0 Å². The van der Waals surface area contributed by atoms with Gasteiger partial charge >= 0.3 is 0 Å². The van der Waals surface area contributed by atoms with Crippen LogP contribution in [0.1, 0.15) is 10.7 Å². The van der Waals surface area contributed by atoms with Crippen molar-refractivity contribution in [3.8, 4) is 0 Å². The Morgan fingerprint density at radius 1 is 1.40 bits per heavy atom. The maximum Gasteiger partial charge on any atom is 0.260 e. The molecule has 1 aromatic carbocycles. The molecule has 0 bridgehead atoms. The van der Waals surface area contributed by atoms with Gasteiger partial charge in [-0.25, -0.2) is 9.97 Å². The third-order valence-electron chi connectivity index (χ3n) is 2.83. The first-order valence-corrected chi connectivity index (χ1v) is 6.94. The van der Waals surface area contributed by atoms with Crippen LogP contribution in [-0.2, 0) is 6.54 Å². The minimum atomic E-state index is -0.209. The summed E-state index contributed by atoms with van der Waals surface area (Å²) in [5, 5.41) is 6.54. The topological polar surface area (TPSA) is 96.7 Å². The molecule has 0 spiro atoms. The van der Waals surface area contributed by atoms with Crippen LogP contribution in [0.2, 0.25) is 0 Å². The Bertz CT molecular complexity index is 823. The molecule has 0 fully saturated rings. The van der Waals surface area contributed by atoms with Crippen LogP contribution >= 0.6 is 11.3 Å². The van der Waals surface area contributed by atoms with Crippen LogP contribution < -0.4 is 16.6 Å². The molecule has 0 saturated heterocycles.